The van der Waals surface area contributed by atoms with Crippen molar-refractivity contribution in [3.63, 3.8) is 0 Å². The molecular weight excluding hydrogens is 296 g/mol. The lowest BCUT2D eigenvalue weighted by atomic mass is 10.2. The SMILES string of the molecule is Cc1nn(C)c(Oc2ccccc2Br)c1C(=N)N. The highest BCUT2D eigenvalue weighted by Gasteiger charge is 2.18. The number of amidine groups is 1. The Kier molecular flexibility index (Phi) is 3.38. The van der Waals surface area contributed by atoms with Crippen molar-refractivity contribution in [1.29, 1.82) is 5.41 Å². The second-order valence-electron chi connectivity index (χ2n) is 3.84. The van der Waals surface area contributed by atoms with Gasteiger partial charge in [-0.2, -0.15) is 5.10 Å². The van der Waals surface area contributed by atoms with Crippen molar-refractivity contribution in [2.45, 2.75) is 6.92 Å². The van der Waals surface area contributed by atoms with Gasteiger partial charge >= 0.3 is 0 Å². The van der Waals surface area contributed by atoms with Gasteiger partial charge in [0.05, 0.1) is 10.2 Å². The van der Waals surface area contributed by atoms with Crippen molar-refractivity contribution in [1.82, 2.24) is 9.78 Å². The molecule has 0 bridgehead atoms. The molecule has 1 heterocycles. The van der Waals surface area contributed by atoms with E-state index < -0.39 is 0 Å². The van der Waals surface area contributed by atoms with Gasteiger partial charge in [0.25, 0.3) is 0 Å². The van der Waals surface area contributed by atoms with Crippen LogP contribution in [-0.2, 0) is 7.05 Å². The number of aromatic nitrogens is 2. The molecule has 2 aromatic rings. The summed E-state index contributed by atoms with van der Waals surface area (Å²) in [5.74, 6) is 1.07. The molecule has 18 heavy (non-hydrogen) atoms. The van der Waals surface area contributed by atoms with Crippen LogP contribution in [0.25, 0.3) is 0 Å². The number of aryl methyl sites for hydroxylation is 2. The molecule has 5 nitrogen and oxygen atoms in total. The predicted molar refractivity (Wildman–Crippen MR) is 73.2 cm³/mol. The largest absolute Gasteiger partial charge is 0.437 e. The zero-order valence-corrected chi connectivity index (χ0v) is 11.7. The van der Waals surface area contributed by atoms with Crippen LogP contribution in [0, 0.1) is 12.3 Å². The fourth-order valence-corrected chi connectivity index (χ4v) is 2.06. The van der Waals surface area contributed by atoms with Gasteiger partial charge in [0.1, 0.15) is 17.1 Å². The third-order valence-electron chi connectivity index (χ3n) is 2.48. The third-order valence-corrected chi connectivity index (χ3v) is 3.14. The number of rotatable bonds is 3. The van der Waals surface area contributed by atoms with Crippen LogP contribution >= 0.6 is 15.9 Å². The summed E-state index contributed by atoms with van der Waals surface area (Å²) >= 11 is 3.41. The van der Waals surface area contributed by atoms with Crippen LogP contribution in [0.4, 0.5) is 0 Å². The van der Waals surface area contributed by atoms with E-state index in [2.05, 4.69) is 21.0 Å². The monoisotopic (exact) mass is 308 g/mol. The van der Waals surface area contributed by atoms with Gasteiger partial charge in [0.2, 0.25) is 5.88 Å². The summed E-state index contributed by atoms with van der Waals surface area (Å²) in [7, 11) is 1.76. The Labute approximate surface area is 113 Å². The molecule has 0 spiro atoms. The number of hydrogen-bond donors (Lipinski definition) is 2. The fourth-order valence-electron chi connectivity index (χ4n) is 1.70. The van der Waals surface area contributed by atoms with Crippen LogP contribution in [0.5, 0.6) is 11.6 Å². The molecule has 0 radical (unpaired) electrons. The molecule has 0 amide bonds. The lowest BCUT2D eigenvalue weighted by Gasteiger charge is -2.09. The molecule has 0 aliphatic rings. The first-order valence-corrected chi connectivity index (χ1v) is 6.10. The summed E-state index contributed by atoms with van der Waals surface area (Å²) in [6, 6.07) is 7.48. The minimum absolute atomic E-state index is 0.0531. The highest BCUT2D eigenvalue weighted by Crippen LogP contribution is 2.31. The first-order valence-electron chi connectivity index (χ1n) is 5.31. The molecule has 6 heteroatoms. The van der Waals surface area contributed by atoms with Crippen molar-refractivity contribution < 1.29 is 4.74 Å². The van der Waals surface area contributed by atoms with Crippen LogP contribution < -0.4 is 10.5 Å². The Morgan fingerprint density at radius 2 is 2.11 bits per heavy atom. The molecular formula is C12H13BrN4O. The zero-order valence-electron chi connectivity index (χ0n) is 10.1. The van der Waals surface area contributed by atoms with E-state index in [0.29, 0.717) is 22.9 Å². The van der Waals surface area contributed by atoms with Gasteiger partial charge in [0.15, 0.2) is 0 Å². The van der Waals surface area contributed by atoms with E-state index in [1.165, 1.54) is 0 Å². The Bertz CT molecular complexity index is 606. The van der Waals surface area contributed by atoms with E-state index in [9.17, 15) is 0 Å². The maximum Gasteiger partial charge on any atom is 0.228 e. The van der Waals surface area contributed by atoms with Crippen LogP contribution in [0.2, 0.25) is 0 Å². The standard InChI is InChI=1S/C12H13BrN4O/c1-7-10(11(14)15)12(17(2)16-7)18-9-6-4-3-5-8(9)13/h3-6H,1-2H3,(H3,14,15). The van der Waals surface area contributed by atoms with Crippen molar-refractivity contribution >= 4 is 21.8 Å². The summed E-state index contributed by atoms with van der Waals surface area (Å²) in [5, 5.41) is 11.8. The Morgan fingerprint density at radius 1 is 1.44 bits per heavy atom. The molecule has 1 aromatic heterocycles. The van der Waals surface area contributed by atoms with Crippen molar-refractivity contribution in [3.05, 3.63) is 40.0 Å². The van der Waals surface area contributed by atoms with Crippen LogP contribution in [0.1, 0.15) is 11.3 Å². The first kappa shape index (κ1) is 12.6. The maximum absolute atomic E-state index is 7.58. The number of ether oxygens (including phenoxy) is 1. The van der Waals surface area contributed by atoms with Gasteiger partial charge < -0.3 is 10.5 Å². The highest BCUT2D eigenvalue weighted by molar-refractivity contribution is 9.10. The number of nitrogens with zero attached hydrogens (tertiary/aromatic N) is 2. The number of halogens is 1. The zero-order chi connectivity index (χ0) is 13.3. The summed E-state index contributed by atoms with van der Waals surface area (Å²) in [4.78, 5) is 0. The second-order valence-corrected chi connectivity index (χ2v) is 4.69. The average Bonchev–Trinajstić information content (AvgIpc) is 2.57. The predicted octanol–water partition coefficient (Wildman–Crippen LogP) is 2.57. The summed E-state index contributed by atoms with van der Waals surface area (Å²) < 4.78 is 8.19. The molecule has 0 aliphatic heterocycles. The third kappa shape index (κ3) is 2.24. The van der Waals surface area contributed by atoms with E-state index in [-0.39, 0.29) is 5.84 Å². The van der Waals surface area contributed by atoms with Gasteiger partial charge in [-0.15, -0.1) is 0 Å². The van der Waals surface area contributed by atoms with E-state index in [0.717, 1.165) is 4.47 Å². The molecule has 0 fully saturated rings. The van der Waals surface area contributed by atoms with Gasteiger partial charge in [0, 0.05) is 7.05 Å². The molecule has 94 valence electrons. The van der Waals surface area contributed by atoms with E-state index in [1.54, 1.807) is 18.7 Å². The van der Waals surface area contributed by atoms with Gasteiger partial charge in [-0.25, -0.2) is 4.68 Å². The molecule has 0 atom stereocenters. The van der Waals surface area contributed by atoms with E-state index in [1.807, 2.05) is 24.3 Å². The Morgan fingerprint density at radius 3 is 2.72 bits per heavy atom. The van der Waals surface area contributed by atoms with Gasteiger partial charge in [-0.05, 0) is 35.0 Å². The van der Waals surface area contributed by atoms with Gasteiger partial charge in [-0.3, -0.25) is 5.41 Å². The minimum atomic E-state index is -0.0531. The van der Waals surface area contributed by atoms with Crippen LogP contribution in [0.15, 0.2) is 28.7 Å². The number of nitrogens with one attached hydrogen (secondary N) is 1. The Hall–Kier alpha value is -1.82. The lowest BCUT2D eigenvalue weighted by molar-refractivity contribution is 0.427. The molecule has 0 unspecified atom stereocenters. The van der Waals surface area contributed by atoms with Crippen molar-refractivity contribution in [2.75, 3.05) is 0 Å². The number of nitrogen functional groups attached to an aromatic ring is 1. The number of hydrogen-bond acceptors (Lipinski definition) is 3. The number of benzene rings is 1. The topological polar surface area (TPSA) is 76.9 Å². The Balaban J connectivity index is 2.47. The van der Waals surface area contributed by atoms with Crippen molar-refractivity contribution in [2.24, 2.45) is 12.8 Å². The van der Waals surface area contributed by atoms with Crippen LogP contribution in [-0.4, -0.2) is 15.6 Å². The fraction of sp³-hybridized carbons (Fsp3) is 0.167. The summed E-state index contributed by atoms with van der Waals surface area (Å²) in [5.41, 5.74) is 6.75. The summed E-state index contributed by atoms with van der Waals surface area (Å²) in [6.07, 6.45) is 0. The first-order chi connectivity index (χ1) is 8.50. The van der Waals surface area contributed by atoms with Crippen LogP contribution in [0.3, 0.4) is 0 Å². The average molecular weight is 309 g/mol. The smallest absolute Gasteiger partial charge is 0.228 e. The number of para-hydroxylation sites is 1. The molecule has 1 aromatic carbocycles. The summed E-state index contributed by atoms with van der Waals surface area (Å²) in [6.45, 7) is 1.80. The second kappa shape index (κ2) is 4.81. The number of nitrogens with two attached hydrogens (primary N) is 1. The molecule has 0 saturated carbocycles. The quantitative estimate of drug-likeness (QED) is 0.676. The maximum atomic E-state index is 7.58. The molecule has 3 N–H and O–H groups in total. The molecule has 0 saturated heterocycles. The minimum Gasteiger partial charge on any atom is -0.437 e. The molecule has 2 rings (SSSR count). The van der Waals surface area contributed by atoms with E-state index >= 15 is 0 Å². The highest BCUT2D eigenvalue weighted by atomic mass is 79.9. The van der Waals surface area contributed by atoms with Gasteiger partial charge in [-0.1, -0.05) is 12.1 Å². The van der Waals surface area contributed by atoms with Crippen molar-refractivity contribution in [3.8, 4) is 11.6 Å². The lowest BCUT2D eigenvalue weighted by Crippen LogP contribution is -2.13. The van der Waals surface area contributed by atoms with E-state index in [4.69, 9.17) is 15.9 Å². The molecule has 0 aliphatic carbocycles. The normalized spacial score (nSPS) is 10.4.